The van der Waals surface area contributed by atoms with E-state index in [1.54, 1.807) is 0 Å². The van der Waals surface area contributed by atoms with Gasteiger partial charge in [-0.2, -0.15) is 0 Å². The first-order valence-corrected chi connectivity index (χ1v) is 10.1. The smallest absolute Gasteiger partial charge is 0.178 e. The number of rotatable bonds is 3. The highest BCUT2D eigenvalue weighted by Gasteiger charge is 2.41. The van der Waals surface area contributed by atoms with Crippen molar-refractivity contribution in [2.24, 2.45) is 10.8 Å². The van der Waals surface area contributed by atoms with Crippen LogP contribution in [-0.4, -0.2) is 15.1 Å². The van der Waals surface area contributed by atoms with E-state index < -0.39 is 9.04 Å². The van der Waals surface area contributed by atoms with Gasteiger partial charge in [0.05, 0.1) is 0 Å². The van der Waals surface area contributed by atoms with Gasteiger partial charge < -0.3 is 4.43 Å². The molecule has 0 heterocycles. The quantitative estimate of drug-likeness (QED) is 0.644. The Bertz CT molecular complexity index is 229. The first-order valence-electron chi connectivity index (χ1n) is 7.78. The van der Waals surface area contributed by atoms with Crippen LogP contribution in [-0.2, 0) is 4.43 Å². The van der Waals surface area contributed by atoms with Crippen molar-refractivity contribution in [1.29, 1.82) is 0 Å². The molecule has 1 aliphatic rings. The molecule has 0 aliphatic heterocycles. The van der Waals surface area contributed by atoms with Crippen molar-refractivity contribution in [2.75, 3.05) is 0 Å². The van der Waals surface area contributed by atoms with E-state index >= 15 is 0 Å². The SMILES string of the molecule is C[SiH](OC1CCCCC1)C(C(C)(C)C)C(C)(C)C. The molecule has 0 bridgehead atoms. The Morgan fingerprint density at radius 3 is 1.72 bits per heavy atom. The van der Waals surface area contributed by atoms with Crippen molar-refractivity contribution >= 4 is 9.04 Å². The highest BCUT2D eigenvalue weighted by molar-refractivity contribution is 6.52. The Balaban J connectivity index is 2.67. The van der Waals surface area contributed by atoms with Crippen LogP contribution in [0.5, 0.6) is 0 Å². The van der Waals surface area contributed by atoms with Crippen LogP contribution in [0, 0.1) is 10.8 Å². The fraction of sp³-hybridized carbons (Fsp3) is 1.00. The summed E-state index contributed by atoms with van der Waals surface area (Å²) < 4.78 is 6.55. The molecule has 1 fully saturated rings. The molecule has 0 spiro atoms. The van der Waals surface area contributed by atoms with Crippen LogP contribution in [0.4, 0.5) is 0 Å². The molecule has 0 amide bonds. The molecule has 1 rings (SSSR count). The van der Waals surface area contributed by atoms with E-state index in [2.05, 4.69) is 48.1 Å². The minimum absolute atomic E-state index is 0.360. The van der Waals surface area contributed by atoms with Crippen LogP contribution in [0.1, 0.15) is 73.6 Å². The number of hydrogen-bond acceptors (Lipinski definition) is 1. The highest BCUT2D eigenvalue weighted by Crippen LogP contribution is 2.47. The van der Waals surface area contributed by atoms with Gasteiger partial charge in [-0.3, -0.25) is 0 Å². The average Bonchev–Trinajstić information content (AvgIpc) is 2.13. The van der Waals surface area contributed by atoms with Gasteiger partial charge in [0, 0.05) is 6.10 Å². The van der Waals surface area contributed by atoms with Crippen molar-refractivity contribution in [2.45, 2.75) is 91.8 Å². The summed E-state index contributed by atoms with van der Waals surface area (Å²) in [4.78, 5) is 0. The van der Waals surface area contributed by atoms with Crippen molar-refractivity contribution in [3.05, 3.63) is 0 Å². The van der Waals surface area contributed by atoms with Gasteiger partial charge in [-0.15, -0.1) is 0 Å². The molecule has 0 aromatic rings. The molecule has 0 aromatic carbocycles. The lowest BCUT2D eigenvalue weighted by molar-refractivity contribution is 0.127. The first-order chi connectivity index (χ1) is 8.12. The summed E-state index contributed by atoms with van der Waals surface area (Å²) in [7, 11) is -1.14. The van der Waals surface area contributed by atoms with E-state index in [-0.39, 0.29) is 0 Å². The standard InChI is InChI=1S/C16H34OSi/c1-15(2,3)14(16(4,5)6)18(7)17-13-11-9-8-10-12-13/h13-14,18H,8-12H2,1-7H3. The summed E-state index contributed by atoms with van der Waals surface area (Å²) >= 11 is 0. The Morgan fingerprint density at radius 1 is 0.889 bits per heavy atom. The third-order valence-corrected chi connectivity index (χ3v) is 8.05. The third kappa shape index (κ3) is 4.69. The second kappa shape index (κ2) is 6.09. The summed E-state index contributed by atoms with van der Waals surface area (Å²) in [5, 5.41) is 0. The molecule has 1 aliphatic carbocycles. The van der Waals surface area contributed by atoms with Crippen molar-refractivity contribution in [3.8, 4) is 0 Å². The molecular weight excluding hydrogens is 236 g/mol. The number of hydrogen-bond donors (Lipinski definition) is 0. The van der Waals surface area contributed by atoms with Crippen LogP contribution >= 0.6 is 0 Å². The minimum Gasteiger partial charge on any atom is -0.417 e. The molecule has 0 aromatic heterocycles. The monoisotopic (exact) mass is 270 g/mol. The van der Waals surface area contributed by atoms with E-state index in [1.165, 1.54) is 32.1 Å². The molecule has 18 heavy (non-hydrogen) atoms. The lowest BCUT2D eigenvalue weighted by Gasteiger charge is -2.44. The van der Waals surface area contributed by atoms with Gasteiger partial charge in [-0.1, -0.05) is 60.8 Å². The zero-order valence-electron chi connectivity index (χ0n) is 13.7. The molecule has 0 saturated heterocycles. The van der Waals surface area contributed by atoms with E-state index in [9.17, 15) is 0 Å². The molecule has 108 valence electrons. The zero-order valence-corrected chi connectivity index (χ0v) is 14.8. The van der Waals surface area contributed by atoms with Gasteiger partial charge in [-0.25, -0.2) is 0 Å². The van der Waals surface area contributed by atoms with Gasteiger partial charge in [-0.05, 0) is 35.8 Å². The van der Waals surface area contributed by atoms with Gasteiger partial charge in [0.1, 0.15) is 0 Å². The topological polar surface area (TPSA) is 9.23 Å². The Labute approximate surface area is 116 Å². The normalized spacial score (nSPS) is 21.3. The Kier molecular flexibility index (Phi) is 5.49. The predicted molar refractivity (Wildman–Crippen MR) is 83.6 cm³/mol. The summed E-state index contributed by atoms with van der Waals surface area (Å²) in [6.45, 7) is 16.7. The molecule has 2 heteroatoms. The van der Waals surface area contributed by atoms with E-state index in [4.69, 9.17) is 4.43 Å². The molecule has 0 N–H and O–H groups in total. The predicted octanol–water partition coefficient (Wildman–Crippen LogP) is 5.15. The maximum absolute atomic E-state index is 6.55. The Hall–Kier alpha value is 0.177. The zero-order chi connectivity index (χ0) is 14.0. The highest BCUT2D eigenvalue weighted by atomic mass is 28.3. The van der Waals surface area contributed by atoms with E-state index in [0.717, 1.165) is 5.54 Å². The van der Waals surface area contributed by atoms with Gasteiger partial charge in [0.2, 0.25) is 0 Å². The maximum Gasteiger partial charge on any atom is 0.178 e. The molecular formula is C16H34OSi. The van der Waals surface area contributed by atoms with Gasteiger partial charge in [0.25, 0.3) is 0 Å². The van der Waals surface area contributed by atoms with Crippen LogP contribution in [0.25, 0.3) is 0 Å². The lowest BCUT2D eigenvalue weighted by atomic mass is 9.77. The second-order valence-electron chi connectivity index (χ2n) is 8.31. The summed E-state index contributed by atoms with van der Waals surface area (Å²) in [6.07, 6.45) is 7.35. The summed E-state index contributed by atoms with van der Waals surface area (Å²) in [6, 6.07) is 0. The fourth-order valence-electron chi connectivity index (χ4n) is 4.29. The Morgan fingerprint density at radius 2 is 1.33 bits per heavy atom. The molecule has 0 radical (unpaired) electrons. The molecule has 1 saturated carbocycles. The molecule has 1 nitrogen and oxygen atoms in total. The maximum atomic E-state index is 6.55. The molecule has 1 atom stereocenters. The van der Waals surface area contributed by atoms with Crippen molar-refractivity contribution in [3.63, 3.8) is 0 Å². The average molecular weight is 271 g/mol. The van der Waals surface area contributed by atoms with Crippen LogP contribution in [0.15, 0.2) is 0 Å². The van der Waals surface area contributed by atoms with E-state index in [0.29, 0.717) is 16.9 Å². The summed E-state index contributed by atoms with van der Waals surface area (Å²) in [5.41, 5.74) is 1.45. The van der Waals surface area contributed by atoms with Crippen molar-refractivity contribution < 1.29 is 4.43 Å². The first kappa shape index (κ1) is 16.2. The van der Waals surface area contributed by atoms with Crippen LogP contribution < -0.4 is 0 Å². The molecule has 1 unspecified atom stereocenters. The minimum atomic E-state index is -1.14. The van der Waals surface area contributed by atoms with Crippen molar-refractivity contribution in [1.82, 2.24) is 0 Å². The van der Waals surface area contributed by atoms with Crippen LogP contribution in [0.3, 0.4) is 0 Å². The second-order valence-corrected chi connectivity index (χ2v) is 10.7. The third-order valence-electron chi connectivity index (χ3n) is 4.29. The summed E-state index contributed by atoms with van der Waals surface area (Å²) in [5.74, 6) is 0. The largest absolute Gasteiger partial charge is 0.417 e. The van der Waals surface area contributed by atoms with Gasteiger partial charge in [0.15, 0.2) is 9.04 Å². The van der Waals surface area contributed by atoms with Gasteiger partial charge >= 0.3 is 0 Å². The van der Waals surface area contributed by atoms with E-state index in [1.807, 2.05) is 0 Å². The lowest BCUT2D eigenvalue weighted by Crippen LogP contribution is -2.41. The fourth-order valence-corrected chi connectivity index (χ4v) is 8.14. The van der Waals surface area contributed by atoms with Crippen LogP contribution in [0.2, 0.25) is 12.1 Å².